The summed E-state index contributed by atoms with van der Waals surface area (Å²) >= 11 is 3.43. The summed E-state index contributed by atoms with van der Waals surface area (Å²) in [5, 5.41) is 11.4. The molecule has 4 nitrogen and oxygen atoms in total. The molecule has 0 atom stereocenters. The molecule has 0 aliphatic carbocycles. The van der Waals surface area contributed by atoms with Gasteiger partial charge in [0.05, 0.1) is 20.4 Å². The molecule has 0 fully saturated rings. The minimum Gasteiger partial charge on any atom is -0.286 e. The lowest BCUT2D eigenvalue weighted by Gasteiger charge is -2.26. The summed E-state index contributed by atoms with van der Waals surface area (Å²) in [4.78, 5) is 15.1. The average Bonchev–Trinajstić information content (AvgIpc) is 4.01. The summed E-state index contributed by atoms with van der Waals surface area (Å²) in [6.45, 7) is 0. The molecule has 2 heterocycles. The van der Waals surface area contributed by atoms with Crippen molar-refractivity contribution < 1.29 is 0 Å². The predicted molar refractivity (Wildman–Crippen MR) is 283 cm³/mol. The normalized spacial score (nSPS) is 11.6. The van der Waals surface area contributed by atoms with Crippen LogP contribution in [-0.2, 0) is 0 Å². The quantitative estimate of drug-likeness (QED) is 0.142. The highest BCUT2D eigenvalue weighted by molar-refractivity contribution is 7.22. The maximum atomic E-state index is 5.23. The van der Waals surface area contributed by atoms with E-state index in [0.717, 1.165) is 64.6 Å². The molecule has 11 aromatic carbocycles. The SMILES string of the molecule is c1ccc(N(c2ccc3c(-c4ccc5ccccc5c4)c4cc(N(c5ccccc5)c5nc6ccccc6s5)ccc4c(-c4ccc5ccccc5c4)c3c2)c2nc3ccccc3s2)cc1. The van der Waals surface area contributed by atoms with Crippen LogP contribution >= 0.6 is 22.7 Å². The van der Waals surface area contributed by atoms with Gasteiger partial charge in [0.1, 0.15) is 0 Å². The van der Waals surface area contributed by atoms with E-state index in [4.69, 9.17) is 9.97 Å². The van der Waals surface area contributed by atoms with Crippen LogP contribution in [0.1, 0.15) is 0 Å². The van der Waals surface area contributed by atoms with Gasteiger partial charge in [-0.25, -0.2) is 9.97 Å². The molecule has 0 amide bonds. The van der Waals surface area contributed by atoms with Crippen LogP contribution in [0.4, 0.5) is 33.0 Å². The van der Waals surface area contributed by atoms with E-state index >= 15 is 0 Å². The van der Waals surface area contributed by atoms with Gasteiger partial charge in [-0.15, -0.1) is 0 Å². The lowest BCUT2D eigenvalue weighted by molar-refractivity contribution is 1.25. The van der Waals surface area contributed by atoms with Gasteiger partial charge in [-0.2, -0.15) is 0 Å². The van der Waals surface area contributed by atoms with Gasteiger partial charge in [0.15, 0.2) is 10.3 Å². The van der Waals surface area contributed by atoms with E-state index in [9.17, 15) is 0 Å². The zero-order valence-electron chi connectivity index (χ0n) is 35.5. The average molecular weight is 879 g/mol. The molecule has 6 heteroatoms. The number of rotatable bonds is 8. The number of aromatic nitrogens is 2. The zero-order chi connectivity index (χ0) is 43.6. The molecule has 13 rings (SSSR count). The third-order valence-electron chi connectivity index (χ3n) is 12.7. The molecule has 66 heavy (non-hydrogen) atoms. The standard InChI is InChI=1S/C60H38N4S2/c1-3-19-45(20-4-1)63(59-61-53-23-11-13-25-55(53)65-59)47-31-33-49-51(37-47)57(43-29-27-39-15-7-9-17-41(39)35-43)50-34-32-48(38-52(50)58(49)44-30-28-40-16-8-10-18-42(40)36-44)64(46-21-5-2-6-22-46)60-62-54-24-12-14-26-56(54)66-60/h1-38H. The van der Waals surface area contributed by atoms with E-state index in [-0.39, 0.29) is 0 Å². The molecule has 2 aromatic heterocycles. The fraction of sp³-hybridized carbons (Fsp3) is 0. The van der Waals surface area contributed by atoms with Gasteiger partial charge in [0, 0.05) is 22.7 Å². The van der Waals surface area contributed by atoms with Crippen molar-refractivity contribution in [1.29, 1.82) is 0 Å². The summed E-state index contributed by atoms with van der Waals surface area (Å²) in [6, 6.07) is 83.3. The van der Waals surface area contributed by atoms with Crippen LogP contribution in [0.3, 0.4) is 0 Å². The van der Waals surface area contributed by atoms with Crippen molar-refractivity contribution in [2.45, 2.75) is 0 Å². The lowest BCUT2D eigenvalue weighted by atomic mass is 9.84. The maximum Gasteiger partial charge on any atom is 0.195 e. The van der Waals surface area contributed by atoms with Crippen LogP contribution in [0.2, 0.25) is 0 Å². The van der Waals surface area contributed by atoms with Crippen LogP contribution in [-0.4, -0.2) is 9.97 Å². The summed E-state index contributed by atoms with van der Waals surface area (Å²) in [5.41, 5.74) is 10.9. The summed E-state index contributed by atoms with van der Waals surface area (Å²) in [6.07, 6.45) is 0. The molecule has 0 saturated heterocycles. The van der Waals surface area contributed by atoms with Gasteiger partial charge in [-0.3, -0.25) is 9.80 Å². The van der Waals surface area contributed by atoms with Crippen molar-refractivity contribution in [2.75, 3.05) is 9.80 Å². The number of fused-ring (bicyclic) bond motifs is 6. The van der Waals surface area contributed by atoms with E-state index in [2.05, 4.69) is 240 Å². The van der Waals surface area contributed by atoms with Gasteiger partial charge >= 0.3 is 0 Å². The molecule has 0 bridgehead atoms. The molecule has 13 aromatic rings. The van der Waals surface area contributed by atoms with E-state index in [0.29, 0.717) is 0 Å². The summed E-state index contributed by atoms with van der Waals surface area (Å²) in [5.74, 6) is 0. The zero-order valence-corrected chi connectivity index (χ0v) is 37.2. The molecule has 0 unspecified atom stereocenters. The van der Waals surface area contributed by atoms with Crippen molar-refractivity contribution >= 4 is 119 Å². The largest absolute Gasteiger partial charge is 0.286 e. The Balaban J connectivity index is 1.14. The third-order valence-corrected chi connectivity index (χ3v) is 14.7. The number of nitrogens with zero attached hydrogens (tertiary/aromatic N) is 4. The Morgan fingerprint density at radius 2 is 0.682 bits per heavy atom. The smallest absolute Gasteiger partial charge is 0.195 e. The van der Waals surface area contributed by atoms with Gasteiger partial charge in [0.2, 0.25) is 0 Å². The van der Waals surface area contributed by atoms with E-state index < -0.39 is 0 Å². The molecular formula is C60H38N4S2. The number of para-hydroxylation sites is 4. The fourth-order valence-corrected chi connectivity index (χ4v) is 11.6. The second-order valence-electron chi connectivity index (χ2n) is 16.6. The molecule has 0 N–H and O–H groups in total. The number of anilines is 6. The van der Waals surface area contributed by atoms with Crippen LogP contribution < -0.4 is 9.80 Å². The first-order chi connectivity index (χ1) is 32.7. The second kappa shape index (κ2) is 15.8. The Morgan fingerprint density at radius 3 is 1.12 bits per heavy atom. The van der Waals surface area contributed by atoms with E-state index in [1.54, 1.807) is 22.7 Å². The highest BCUT2D eigenvalue weighted by Crippen LogP contribution is 2.50. The van der Waals surface area contributed by atoms with Crippen LogP contribution in [0, 0.1) is 0 Å². The van der Waals surface area contributed by atoms with Crippen molar-refractivity contribution in [3.63, 3.8) is 0 Å². The van der Waals surface area contributed by atoms with Crippen LogP contribution in [0.15, 0.2) is 231 Å². The Hall–Kier alpha value is -8.16. The minimum absolute atomic E-state index is 0.921. The van der Waals surface area contributed by atoms with E-state index in [1.165, 1.54) is 54.2 Å². The van der Waals surface area contributed by atoms with Gasteiger partial charge in [0.25, 0.3) is 0 Å². The van der Waals surface area contributed by atoms with E-state index in [1.807, 2.05) is 0 Å². The van der Waals surface area contributed by atoms with Gasteiger partial charge in [-0.05, 0) is 150 Å². The van der Waals surface area contributed by atoms with Gasteiger partial charge in [-0.1, -0.05) is 168 Å². The molecule has 0 aliphatic heterocycles. The number of hydrogen-bond acceptors (Lipinski definition) is 6. The maximum absolute atomic E-state index is 5.23. The van der Waals surface area contributed by atoms with Gasteiger partial charge < -0.3 is 0 Å². The fourth-order valence-electron chi connectivity index (χ4n) is 9.60. The molecule has 0 saturated carbocycles. The summed E-state index contributed by atoms with van der Waals surface area (Å²) in [7, 11) is 0. The molecule has 310 valence electrons. The molecular weight excluding hydrogens is 841 g/mol. The monoisotopic (exact) mass is 878 g/mol. The van der Waals surface area contributed by atoms with Crippen molar-refractivity contribution in [3.8, 4) is 22.3 Å². The summed E-state index contributed by atoms with van der Waals surface area (Å²) < 4.78 is 2.31. The Bertz CT molecular complexity index is 3640. The first kappa shape index (κ1) is 38.3. The minimum atomic E-state index is 0.921. The molecule has 0 spiro atoms. The van der Waals surface area contributed by atoms with Crippen LogP contribution in [0.5, 0.6) is 0 Å². The third kappa shape index (κ3) is 6.57. The lowest BCUT2D eigenvalue weighted by Crippen LogP contribution is -2.10. The molecule has 0 aliphatic rings. The second-order valence-corrected chi connectivity index (χ2v) is 18.6. The highest BCUT2D eigenvalue weighted by atomic mass is 32.1. The number of thiazole rings is 2. The highest BCUT2D eigenvalue weighted by Gasteiger charge is 2.24. The van der Waals surface area contributed by atoms with Crippen molar-refractivity contribution in [1.82, 2.24) is 9.97 Å². The Labute approximate surface area is 389 Å². The first-order valence-corrected chi connectivity index (χ1v) is 23.8. The van der Waals surface area contributed by atoms with Crippen molar-refractivity contribution in [3.05, 3.63) is 231 Å². The predicted octanol–water partition coefficient (Wildman–Crippen LogP) is 17.8. The first-order valence-electron chi connectivity index (χ1n) is 22.1. The molecule has 0 radical (unpaired) electrons. The van der Waals surface area contributed by atoms with Crippen molar-refractivity contribution in [2.24, 2.45) is 0 Å². The van der Waals surface area contributed by atoms with Crippen LogP contribution in [0.25, 0.3) is 85.8 Å². The number of benzene rings is 11. The topological polar surface area (TPSA) is 32.3 Å². The number of hydrogen-bond donors (Lipinski definition) is 0. The Kier molecular flexibility index (Phi) is 9.18. The Morgan fingerprint density at radius 1 is 0.288 bits per heavy atom.